The summed E-state index contributed by atoms with van der Waals surface area (Å²) in [6, 6.07) is 2.73. The highest BCUT2D eigenvalue weighted by molar-refractivity contribution is 6.36. The second-order valence-electron chi connectivity index (χ2n) is 4.94. The number of unbranched alkanes of at least 4 members (excludes halogenated alkanes) is 1. The van der Waals surface area contributed by atoms with Gasteiger partial charge in [0.05, 0.1) is 11.3 Å². The minimum atomic E-state index is -0.440. The molecular formula is C15H18Cl2FN3. The average Bonchev–Trinajstić information content (AvgIpc) is 2.96. The summed E-state index contributed by atoms with van der Waals surface area (Å²) < 4.78 is 15.5. The Labute approximate surface area is 134 Å². The number of hydrogen-bond acceptors (Lipinski definition) is 2. The van der Waals surface area contributed by atoms with E-state index >= 15 is 0 Å². The summed E-state index contributed by atoms with van der Waals surface area (Å²) in [6.07, 6.45) is 7.58. The first-order valence-corrected chi connectivity index (χ1v) is 7.67. The zero-order valence-electron chi connectivity index (χ0n) is 11.8. The molecule has 1 unspecified atom stereocenters. The molecule has 0 radical (unpaired) electrons. The number of nitrogens with zero attached hydrogens (tertiary/aromatic N) is 2. The molecule has 1 N–H and O–H groups in total. The minimum absolute atomic E-state index is 0.0889. The molecule has 1 aromatic heterocycles. The van der Waals surface area contributed by atoms with Crippen molar-refractivity contribution in [2.45, 2.75) is 32.4 Å². The van der Waals surface area contributed by atoms with Gasteiger partial charge in [0.1, 0.15) is 5.82 Å². The molecule has 0 fully saturated rings. The Balaban J connectivity index is 1.79. The fourth-order valence-corrected chi connectivity index (χ4v) is 2.90. The highest BCUT2D eigenvalue weighted by Crippen LogP contribution is 2.32. The zero-order chi connectivity index (χ0) is 15.2. The summed E-state index contributed by atoms with van der Waals surface area (Å²) in [4.78, 5) is 4.00. The van der Waals surface area contributed by atoms with Gasteiger partial charge < -0.3 is 9.88 Å². The van der Waals surface area contributed by atoms with Gasteiger partial charge in [-0.1, -0.05) is 23.2 Å². The third kappa shape index (κ3) is 4.43. The van der Waals surface area contributed by atoms with Crippen LogP contribution in [-0.4, -0.2) is 16.1 Å². The summed E-state index contributed by atoms with van der Waals surface area (Å²) in [6.45, 7) is 3.69. The Hall–Kier alpha value is -1.10. The number of aryl methyl sites for hydroxylation is 1. The van der Waals surface area contributed by atoms with Crippen molar-refractivity contribution in [3.05, 3.63) is 52.3 Å². The first-order valence-electron chi connectivity index (χ1n) is 6.92. The van der Waals surface area contributed by atoms with E-state index in [1.165, 1.54) is 12.1 Å². The third-order valence-electron chi connectivity index (χ3n) is 3.37. The van der Waals surface area contributed by atoms with Crippen LogP contribution in [0.25, 0.3) is 0 Å². The van der Waals surface area contributed by atoms with E-state index in [1.807, 2.05) is 24.0 Å². The zero-order valence-corrected chi connectivity index (χ0v) is 13.3. The average molecular weight is 330 g/mol. The Kier molecular flexibility index (Phi) is 6.03. The second-order valence-corrected chi connectivity index (χ2v) is 5.73. The van der Waals surface area contributed by atoms with Gasteiger partial charge in [-0.25, -0.2) is 9.37 Å². The molecule has 0 aliphatic carbocycles. The van der Waals surface area contributed by atoms with Gasteiger partial charge in [0.25, 0.3) is 0 Å². The maximum Gasteiger partial charge on any atom is 0.142 e. The van der Waals surface area contributed by atoms with E-state index in [9.17, 15) is 4.39 Å². The maximum absolute atomic E-state index is 13.5. The molecule has 0 aliphatic rings. The van der Waals surface area contributed by atoms with Crippen molar-refractivity contribution in [1.29, 1.82) is 0 Å². The van der Waals surface area contributed by atoms with Gasteiger partial charge in [-0.2, -0.15) is 0 Å². The number of benzene rings is 1. The predicted molar refractivity (Wildman–Crippen MR) is 84.3 cm³/mol. The van der Waals surface area contributed by atoms with Crippen molar-refractivity contribution < 1.29 is 4.39 Å². The second kappa shape index (κ2) is 7.78. The van der Waals surface area contributed by atoms with Gasteiger partial charge in [-0.15, -0.1) is 0 Å². The molecule has 1 aromatic carbocycles. The molecule has 114 valence electrons. The largest absolute Gasteiger partial charge is 0.337 e. The number of imidazole rings is 1. The molecule has 2 aromatic rings. The topological polar surface area (TPSA) is 29.9 Å². The van der Waals surface area contributed by atoms with E-state index in [2.05, 4.69) is 10.3 Å². The quantitative estimate of drug-likeness (QED) is 0.600. The van der Waals surface area contributed by atoms with E-state index in [0.29, 0.717) is 10.6 Å². The van der Waals surface area contributed by atoms with Gasteiger partial charge in [-0.3, -0.25) is 0 Å². The molecule has 0 spiro atoms. The van der Waals surface area contributed by atoms with Crippen LogP contribution in [0.1, 0.15) is 31.4 Å². The van der Waals surface area contributed by atoms with Crippen LogP contribution in [0, 0.1) is 5.82 Å². The standard InChI is InChI=1S/C15H18Cl2FN3/c1-11(14-12(16)4-5-13(18)15(14)17)20-6-2-3-8-21-9-7-19-10-21/h4-5,7,9-11,20H,2-3,6,8H2,1H3. The van der Waals surface area contributed by atoms with Crippen LogP contribution in [0.2, 0.25) is 10.0 Å². The highest BCUT2D eigenvalue weighted by atomic mass is 35.5. The molecule has 0 aliphatic heterocycles. The van der Waals surface area contributed by atoms with Crippen LogP contribution in [0.3, 0.4) is 0 Å². The van der Waals surface area contributed by atoms with E-state index in [0.717, 1.165) is 25.9 Å². The fraction of sp³-hybridized carbons (Fsp3) is 0.400. The van der Waals surface area contributed by atoms with Gasteiger partial charge in [0, 0.05) is 35.6 Å². The number of aromatic nitrogens is 2. The molecule has 3 nitrogen and oxygen atoms in total. The van der Waals surface area contributed by atoms with Gasteiger partial charge in [0.2, 0.25) is 0 Å². The lowest BCUT2D eigenvalue weighted by atomic mass is 10.1. The van der Waals surface area contributed by atoms with Crippen molar-refractivity contribution in [2.24, 2.45) is 0 Å². The molecule has 0 saturated carbocycles. The Bertz CT molecular complexity index is 573. The predicted octanol–water partition coefficient (Wildman–Crippen LogP) is 4.46. The first-order chi connectivity index (χ1) is 10.1. The molecule has 6 heteroatoms. The lowest BCUT2D eigenvalue weighted by Crippen LogP contribution is -2.21. The van der Waals surface area contributed by atoms with Gasteiger partial charge >= 0.3 is 0 Å². The van der Waals surface area contributed by atoms with E-state index < -0.39 is 5.82 Å². The molecule has 0 saturated heterocycles. The summed E-state index contributed by atoms with van der Waals surface area (Å²) in [5, 5.41) is 3.91. The minimum Gasteiger partial charge on any atom is -0.337 e. The lowest BCUT2D eigenvalue weighted by molar-refractivity contribution is 0.521. The third-order valence-corrected chi connectivity index (χ3v) is 4.08. The van der Waals surface area contributed by atoms with E-state index in [1.54, 1.807) is 6.20 Å². The van der Waals surface area contributed by atoms with Crippen molar-refractivity contribution in [3.8, 4) is 0 Å². The molecule has 2 rings (SSSR count). The monoisotopic (exact) mass is 329 g/mol. The van der Waals surface area contributed by atoms with E-state index in [4.69, 9.17) is 23.2 Å². The Morgan fingerprint density at radius 1 is 1.33 bits per heavy atom. The van der Waals surface area contributed by atoms with Crippen LogP contribution in [-0.2, 0) is 6.54 Å². The normalized spacial score (nSPS) is 12.6. The molecular weight excluding hydrogens is 312 g/mol. The van der Waals surface area contributed by atoms with E-state index in [-0.39, 0.29) is 11.1 Å². The SMILES string of the molecule is CC(NCCCCn1ccnc1)c1c(Cl)ccc(F)c1Cl. The number of hydrogen-bond donors (Lipinski definition) is 1. The van der Waals surface area contributed by atoms with Crippen LogP contribution in [0.5, 0.6) is 0 Å². The summed E-state index contributed by atoms with van der Waals surface area (Å²) >= 11 is 12.1. The number of nitrogens with one attached hydrogen (secondary N) is 1. The molecule has 1 atom stereocenters. The van der Waals surface area contributed by atoms with Crippen LogP contribution in [0.15, 0.2) is 30.9 Å². The van der Waals surface area contributed by atoms with Crippen molar-refractivity contribution >= 4 is 23.2 Å². The first kappa shape index (κ1) is 16.3. The summed E-state index contributed by atoms with van der Waals surface area (Å²) in [7, 11) is 0. The summed E-state index contributed by atoms with van der Waals surface area (Å²) in [5.74, 6) is -0.440. The lowest BCUT2D eigenvalue weighted by Gasteiger charge is -2.17. The number of halogens is 3. The molecule has 21 heavy (non-hydrogen) atoms. The van der Waals surface area contributed by atoms with Crippen LogP contribution < -0.4 is 5.32 Å². The maximum atomic E-state index is 13.5. The van der Waals surface area contributed by atoms with Gasteiger partial charge in [0.15, 0.2) is 0 Å². The highest BCUT2D eigenvalue weighted by Gasteiger charge is 2.16. The van der Waals surface area contributed by atoms with Crippen molar-refractivity contribution in [2.75, 3.05) is 6.54 Å². The summed E-state index contributed by atoms with van der Waals surface area (Å²) in [5.41, 5.74) is 0.618. The Morgan fingerprint density at radius 2 is 2.14 bits per heavy atom. The fourth-order valence-electron chi connectivity index (χ4n) is 2.20. The van der Waals surface area contributed by atoms with Crippen LogP contribution in [0.4, 0.5) is 4.39 Å². The molecule has 0 bridgehead atoms. The molecule has 0 amide bonds. The number of rotatable bonds is 7. The van der Waals surface area contributed by atoms with Gasteiger partial charge in [-0.05, 0) is 38.4 Å². The van der Waals surface area contributed by atoms with Crippen molar-refractivity contribution in [1.82, 2.24) is 14.9 Å². The van der Waals surface area contributed by atoms with Crippen molar-refractivity contribution in [3.63, 3.8) is 0 Å². The smallest absolute Gasteiger partial charge is 0.142 e. The Morgan fingerprint density at radius 3 is 2.86 bits per heavy atom. The van der Waals surface area contributed by atoms with Crippen LogP contribution >= 0.6 is 23.2 Å². The molecule has 1 heterocycles.